The molecule has 1 saturated heterocycles. The number of hydrogen-bond donors (Lipinski definition) is 1. The van der Waals surface area contributed by atoms with Crippen LogP contribution in [0.4, 0.5) is 0 Å². The first kappa shape index (κ1) is 13.8. The van der Waals surface area contributed by atoms with Crippen molar-refractivity contribution < 1.29 is 5.11 Å². The molecule has 1 saturated carbocycles. The zero-order valence-corrected chi connectivity index (χ0v) is 12.9. The Kier molecular flexibility index (Phi) is 4.16. The molecule has 0 atom stereocenters. The van der Waals surface area contributed by atoms with Crippen molar-refractivity contribution in [3.63, 3.8) is 0 Å². The van der Waals surface area contributed by atoms with E-state index in [9.17, 15) is 5.11 Å². The third-order valence-electron chi connectivity index (χ3n) is 4.35. The summed E-state index contributed by atoms with van der Waals surface area (Å²) in [7, 11) is 0. The van der Waals surface area contributed by atoms with Gasteiger partial charge in [-0.15, -0.1) is 23.5 Å². The Hall–Kier alpha value is -0.120. The molecule has 0 spiro atoms. The van der Waals surface area contributed by atoms with E-state index >= 15 is 0 Å². The summed E-state index contributed by atoms with van der Waals surface area (Å²) in [6.45, 7) is 0. The van der Waals surface area contributed by atoms with Crippen molar-refractivity contribution >= 4 is 23.5 Å². The van der Waals surface area contributed by atoms with Gasteiger partial charge in [-0.1, -0.05) is 49.6 Å². The summed E-state index contributed by atoms with van der Waals surface area (Å²) in [5.41, 5.74) is 0.789. The maximum atomic E-state index is 11.4. The second-order valence-corrected chi connectivity index (χ2v) is 8.50. The van der Waals surface area contributed by atoms with Crippen LogP contribution in [0.1, 0.15) is 44.1 Å². The minimum Gasteiger partial charge on any atom is -0.387 e. The van der Waals surface area contributed by atoms with Gasteiger partial charge in [0.15, 0.2) is 0 Å². The predicted octanol–water partition coefficient (Wildman–Crippen LogP) is 4.40. The Morgan fingerprint density at radius 1 is 0.842 bits per heavy atom. The zero-order chi connectivity index (χ0) is 13.2. The van der Waals surface area contributed by atoms with Crippen LogP contribution in [-0.2, 0) is 4.08 Å². The molecule has 19 heavy (non-hydrogen) atoms. The maximum absolute atomic E-state index is 11.4. The minimum absolute atomic E-state index is 0.132. The van der Waals surface area contributed by atoms with E-state index in [1.165, 1.54) is 42.8 Å². The molecule has 0 radical (unpaired) electrons. The van der Waals surface area contributed by atoms with E-state index in [4.69, 9.17) is 0 Å². The van der Waals surface area contributed by atoms with E-state index in [-0.39, 0.29) is 4.08 Å². The van der Waals surface area contributed by atoms with Gasteiger partial charge in [0.2, 0.25) is 0 Å². The molecule has 0 amide bonds. The summed E-state index contributed by atoms with van der Waals surface area (Å²) in [5, 5.41) is 11.4. The Morgan fingerprint density at radius 2 is 1.47 bits per heavy atom. The fraction of sp³-hybridized carbons (Fsp3) is 0.625. The molecule has 3 rings (SSSR count). The number of aliphatic hydroxyl groups is 1. The van der Waals surface area contributed by atoms with E-state index in [0.29, 0.717) is 0 Å². The van der Waals surface area contributed by atoms with Crippen molar-refractivity contribution in [3.05, 3.63) is 35.9 Å². The molecule has 0 bridgehead atoms. The third kappa shape index (κ3) is 2.45. The van der Waals surface area contributed by atoms with Crippen molar-refractivity contribution in [2.45, 2.75) is 48.2 Å². The highest BCUT2D eigenvalue weighted by atomic mass is 32.2. The van der Waals surface area contributed by atoms with Crippen molar-refractivity contribution in [2.75, 3.05) is 11.5 Å². The number of hydrogen-bond acceptors (Lipinski definition) is 3. The largest absolute Gasteiger partial charge is 0.387 e. The molecule has 2 aliphatic rings. The second kappa shape index (κ2) is 5.71. The van der Waals surface area contributed by atoms with Crippen LogP contribution in [0.5, 0.6) is 0 Å². The molecule has 0 aromatic heterocycles. The molecule has 1 aliphatic heterocycles. The molecule has 1 heterocycles. The van der Waals surface area contributed by atoms with E-state index in [1.807, 2.05) is 23.5 Å². The summed E-state index contributed by atoms with van der Waals surface area (Å²) >= 11 is 3.96. The first-order valence-electron chi connectivity index (χ1n) is 7.33. The summed E-state index contributed by atoms with van der Waals surface area (Å²) in [6, 6.07) is 10.7. The minimum atomic E-state index is -0.525. The van der Waals surface area contributed by atoms with E-state index in [1.54, 1.807) is 0 Å². The normalized spacial score (nSPS) is 25.9. The van der Waals surface area contributed by atoms with Crippen molar-refractivity contribution in [1.29, 1.82) is 0 Å². The van der Waals surface area contributed by atoms with Crippen LogP contribution in [0.15, 0.2) is 30.3 Å². The lowest BCUT2D eigenvalue weighted by Gasteiger charge is -2.50. The molecular weight excluding hydrogens is 272 g/mol. The first-order chi connectivity index (χ1) is 9.27. The van der Waals surface area contributed by atoms with Gasteiger partial charge in [0, 0.05) is 0 Å². The zero-order valence-electron chi connectivity index (χ0n) is 11.3. The second-order valence-electron chi connectivity index (χ2n) is 5.63. The van der Waals surface area contributed by atoms with Crippen molar-refractivity contribution in [3.8, 4) is 0 Å². The van der Waals surface area contributed by atoms with Gasteiger partial charge in [0.25, 0.3) is 0 Å². The maximum Gasteiger partial charge on any atom is 0.115 e. The number of thioether (sulfide) groups is 2. The van der Waals surface area contributed by atoms with Crippen molar-refractivity contribution in [2.24, 2.45) is 0 Å². The molecule has 1 aromatic rings. The van der Waals surface area contributed by atoms with Crippen LogP contribution in [0.25, 0.3) is 0 Å². The lowest BCUT2D eigenvalue weighted by Crippen LogP contribution is -2.50. The number of rotatable bonds is 2. The lowest BCUT2D eigenvalue weighted by molar-refractivity contribution is -0.00843. The Bertz CT molecular complexity index is 406. The lowest BCUT2D eigenvalue weighted by atomic mass is 9.79. The quantitative estimate of drug-likeness (QED) is 0.873. The highest BCUT2D eigenvalue weighted by Crippen LogP contribution is 2.60. The summed E-state index contributed by atoms with van der Waals surface area (Å²) in [6.07, 6.45) is 6.81. The molecule has 1 nitrogen and oxygen atoms in total. The van der Waals surface area contributed by atoms with Crippen LogP contribution in [-0.4, -0.2) is 22.2 Å². The van der Waals surface area contributed by atoms with Gasteiger partial charge in [0.05, 0.1) is 5.60 Å². The molecular formula is C16H22OS2. The summed E-state index contributed by atoms with van der Waals surface area (Å²) < 4.78 is -0.132. The van der Waals surface area contributed by atoms with Gasteiger partial charge in [-0.2, -0.15) is 0 Å². The highest BCUT2D eigenvalue weighted by molar-refractivity contribution is 8.18. The molecule has 1 N–H and O–H groups in total. The Morgan fingerprint density at radius 3 is 2.11 bits per heavy atom. The summed E-state index contributed by atoms with van der Waals surface area (Å²) in [4.78, 5) is 0. The smallest absolute Gasteiger partial charge is 0.115 e. The van der Waals surface area contributed by atoms with E-state index in [2.05, 4.69) is 30.3 Å². The molecule has 1 aromatic carbocycles. The molecule has 3 heteroatoms. The summed E-state index contributed by atoms with van der Waals surface area (Å²) in [5.74, 6) is 2.34. The van der Waals surface area contributed by atoms with Crippen LogP contribution in [0.3, 0.4) is 0 Å². The van der Waals surface area contributed by atoms with Gasteiger partial charge in [-0.05, 0) is 36.3 Å². The highest BCUT2D eigenvalue weighted by Gasteiger charge is 2.53. The molecule has 0 unspecified atom stereocenters. The van der Waals surface area contributed by atoms with Gasteiger partial charge in [0.1, 0.15) is 4.08 Å². The fourth-order valence-corrected chi connectivity index (χ4v) is 7.08. The van der Waals surface area contributed by atoms with Gasteiger partial charge in [-0.25, -0.2) is 0 Å². The van der Waals surface area contributed by atoms with E-state index < -0.39 is 5.60 Å². The third-order valence-corrected chi connectivity index (χ3v) is 8.08. The molecule has 2 fully saturated rings. The average Bonchev–Trinajstić information content (AvgIpc) is 2.49. The Balaban J connectivity index is 2.01. The first-order valence-corrected chi connectivity index (χ1v) is 9.30. The van der Waals surface area contributed by atoms with Crippen molar-refractivity contribution in [1.82, 2.24) is 0 Å². The van der Waals surface area contributed by atoms with Gasteiger partial charge in [-0.3, -0.25) is 0 Å². The van der Waals surface area contributed by atoms with Gasteiger partial charge >= 0.3 is 0 Å². The fourth-order valence-electron chi connectivity index (χ4n) is 3.36. The monoisotopic (exact) mass is 294 g/mol. The number of benzene rings is 1. The predicted molar refractivity (Wildman–Crippen MR) is 85.7 cm³/mol. The van der Waals surface area contributed by atoms with Crippen LogP contribution in [0, 0.1) is 0 Å². The topological polar surface area (TPSA) is 20.2 Å². The average molecular weight is 294 g/mol. The van der Waals surface area contributed by atoms with Crippen LogP contribution >= 0.6 is 23.5 Å². The molecule has 104 valence electrons. The Labute approximate surface area is 124 Å². The van der Waals surface area contributed by atoms with Crippen LogP contribution in [0.2, 0.25) is 0 Å². The van der Waals surface area contributed by atoms with E-state index in [0.717, 1.165) is 12.8 Å². The SMILES string of the molecule is OC1(C2(c3ccccc3)SCCCS2)CCCCC1. The van der Waals surface area contributed by atoms with Crippen LogP contribution < -0.4 is 0 Å². The standard InChI is InChI=1S/C16H22OS2/c17-15(10-5-2-6-11-15)16(18-12-7-13-19-16)14-8-3-1-4-9-14/h1,3-4,8-9,17H,2,5-7,10-13H2. The molecule has 1 aliphatic carbocycles. The van der Waals surface area contributed by atoms with Gasteiger partial charge < -0.3 is 5.11 Å².